The summed E-state index contributed by atoms with van der Waals surface area (Å²) in [5.41, 5.74) is 0. The van der Waals surface area contributed by atoms with Gasteiger partial charge in [-0.05, 0) is 12.8 Å². The molecule has 1 atom stereocenters. The maximum Gasteiger partial charge on any atom is 0.246 e. The van der Waals surface area contributed by atoms with Crippen LogP contribution in [0.5, 0.6) is 0 Å². The van der Waals surface area contributed by atoms with Crippen LogP contribution in [-0.4, -0.2) is 69.9 Å². The quantitative estimate of drug-likeness (QED) is 0.839. The molecule has 3 rings (SSSR count). The van der Waals surface area contributed by atoms with Gasteiger partial charge in [-0.15, -0.1) is 0 Å². The lowest BCUT2D eigenvalue weighted by molar-refractivity contribution is -0.146. The van der Waals surface area contributed by atoms with Crippen molar-refractivity contribution in [1.82, 2.24) is 24.7 Å². The van der Waals surface area contributed by atoms with Gasteiger partial charge in [-0.2, -0.15) is 0 Å². The Bertz CT molecular complexity index is 579. The first kappa shape index (κ1) is 17.0. The highest BCUT2D eigenvalue weighted by Gasteiger charge is 2.35. The monoisotopic (exact) mass is 333 g/mol. The van der Waals surface area contributed by atoms with E-state index in [2.05, 4.69) is 17.2 Å². The fraction of sp³-hybridized carbons (Fsp3) is 0.706. The second kappa shape index (κ2) is 7.79. The number of carbonyl (C=O) groups excluding carboxylic acids is 2. The minimum atomic E-state index is -0.349. The van der Waals surface area contributed by atoms with E-state index in [4.69, 9.17) is 0 Å². The average molecular weight is 333 g/mol. The average Bonchev–Trinajstić information content (AvgIpc) is 3.30. The molecule has 1 aromatic rings. The third kappa shape index (κ3) is 3.61. The smallest absolute Gasteiger partial charge is 0.246 e. The van der Waals surface area contributed by atoms with Crippen LogP contribution < -0.4 is 5.32 Å². The summed E-state index contributed by atoms with van der Waals surface area (Å²) in [5, 5.41) is 3.26. The standard InChI is InChI=1S/C17H27N5O2/c1-2-15-19-7-11-20(15)10-5-16(23)22-12-6-18-13-14(22)17(24)21-8-3-4-9-21/h7,11,14,18H,2-6,8-10,12-13H2,1H3/t14-/m1/s1. The molecule has 2 amide bonds. The minimum Gasteiger partial charge on any atom is -0.341 e. The molecular formula is C17H27N5O2. The molecule has 2 aliphatic heterocycles. The van der Waals surface area contributed by atoms with Gasteiger partial charge in [0.15, 0.2) is 0 Å². The molecule has 2 saturated heterocycles. The van der Waals surface area contributed by atoms with Crippen LogP contribution in [0.3, 0.4) is 0 Å². The Morgan fingerprint density at radius 2 is 2.08 bits per heavy atom. The van der Waals surface area contributed by atoms with Crippen molar-refractivity contribution in [3.8, 4) is 0 Å². The zero-order valence-electron chi connectivity index (χ0n) is 14.4. The van der Waals surface area contributed by atoms with Crippen LogP contribution in [0.2, 0.25) is 0 Å². The molecule has 0 unspecified atom stereocenters. The van der Waals surface area contributed by atoms with Crippen molar-refractivity contribution in [3.63, 3.8) is 0 Å². The maximum absolute atomic E-state index is 12.7. The van der Waals surface area contributed by atoms with Crippen molar-refractivity contribution in [2.24, 2.45) is 0 Å². The molecule has 7 heteroatoms. The SMILES string of the molecule is CCc1nccn1CCC(=O)N1CCNC[C@@H]1C(=O)N1CCCC1. The van der Waals surface area contributed by atoms with E-state index in [-0.39, 0.29) is 17.9 Å². The van der Waals surface area contributed by atoms with Crippen LogP contribution in [-0.2, 0) is 22.6 Å². The van der Waals surface area contributed by atoms with Crippen LogP contribution in [0.4, 0.5) is 0 Å². The summed E-state index contributed by atoms with van der Waals surface area (Å²) >= 11 is 0. The number of aromatic nitrogens is 2. The lowest BCUT2D eigenvalue weighted by atomic mass is 10.1. The van der Waals surface area contributed by atoms with E-state index in [0.29, 0.717) is 26.1 Å². The molecule has 0 saturated carbocycles. The first-order chi connectivity index (χ1) is 11.7. The largest absolute Gasteiger partial charge is 0.341 e. The summed E-state index contributed by atoms with van der Waals surface area (Å²) in [5.74, 6) is 1.16. The summed E-state index contributed by atoms with van der Waals surface area (Å²) in [6.45, 7) is 6.25. The number of rotatable bonds is 5. The van der Waals surface area contributed by atoms with Gasteiger partial charge in [0, 0.05) is 64.5 Å². The van der Waals surface area contributed by atoms with E-state index in [9.17, 15) is 9.59 Å². The number of nitrogens with one attached hydrogen (secondary N) is 1. The second-order valence-corrected chi connectivity index (χ2v) is 6.48. The minimum absolute atomic E-state index is 0.0600. The van der Waals surface area contributed by atoms with Gasteiger partial charge in [-0.1, -0.05) is 6.92 Å². The van der Waals surface area contributed by atoms with Gasteiger partial charge in [-0.3, -0.25) is 9.59 Å². The second-order valence-electron chi connectivity index (χ2n) is 6.48. The van der Waals surface area contributed by atoms with Crippen LogP contribution in [0.25, 0.3) is 0 Å². The number of carbonyl (C=O) groups is 2. The van der Waals surface area contributed by atoms with Crippen LogP contribution in [0.15, 0.2) is 12.4 Å². The van der Waals surface area contributed by atoms with Crippen molar-refractivity contribution in [3.05, 3.63) is 18.2 Å². The van der Waals surface area contributed by atoms with Gasteiger partial charge in [0.1, 0.15) is 11.9 Å². The molecule has 2 fully saturated rings. The van der Waals surface area contributed by atoms with Gasteiger partial charge in [0.05, 0.1) is 0 Å². The van der Waals surface area contributed by atoms with E-state index >= 15 is 0 Å². The number of aryl methyl sites for hydroxylation is 2. The Morgan fingerprint density at radius 3 is 2.83 bits per heavy atom. The summed E-state index contributed by atoms with van der Waals surface area (Å²) < 4.78 is 2.03. The number of amides is 2. The van der Waals surface area contributed by atoms with E-state index < -0.39 is 0 Å². The van der Waals surface area contributed by atoms with E-state index in [1.807, 2.05) is 15.7 Å². The highest BCUT2D eigenvalue weighted by Crippen LogP contribution is 2.15. The third-order valence-electron chi connectivity index (χ3n) is 4.95. The molecule has 132 valence electrons. The van der Waals surface area contributed by atoms with Gasteiger partial charge < -0.3 is 19.7 Å². The summed E-state index contributed by atoms with van der Waals surface area (Å²) in [6.07, 6.45) is 7.09. The molecule has 2 aliphatic rings. The van der Waals surface area contributed by atoms with E-state index in [0.717, 1.165) is 44.7 Å². The Hall–Kier alpha value is -1.89. The molecule has 0 radical (unpaired) electrons. The van der Waals surface area contributed by atoms with Gasteiger partial charge in [-0.25, -0.2) is 4.98 Å². The molecular weight excluding hydrogens is 306 g/mol. The Balaban J connectivity index is 1.61. The predicted octanol–water partition coefficient (Wildman–Crippen LogP) is 0.258. The highest BCUT2D eigenvalue weighted by atomic mass is 16.2. The van der Waals surface area contributed by atoms with Crippen LogP contribution in [0.1, 0.15) is 32.0 Å². The Morgan fingerprint density at radius 1 is 1.29 bits per heavy atom. The molecule has 0 bridgehead atoms. The van der Waals surface area contributed by atoms with Gasteiger partial charge in [0.25, 0.3) is 0 Å². The Kier molecular flexibility index (Phi) is 5.50. The lowest BCUT2D eigenvalue weighted by Gasteiger charge is -2.37. The van der Waals surface area contributed by atoms with Crippen LogP contribution >= 0.6 is 0 Å². The number of imidazole rings is 1. The molecule has 24 heavy (non-hydrogen) atoms. The third-order valence-corrected chi connectivity index (χ3v) is 4.95. The molecule has 7 nitrogen and oxygen atoms in total. The number of likely N-dealkylation sites (tertiary alicyclic amines) is 1. The molecule has 1 N–H and O–H groups in total. The summed E-state index contributed by atoms with van der Waals surface area (Å²) in [7, 11) is 0. The topological polar surface area (TPSA) is 70.5 Å². The molecule has 0 spiro atoms. The van der Waals surface area contributed by atoms with Gasteiger partial charge >= 0.3 is 0 Å². The first-order valence-electron chi connectivity index (χ1n) is 8.99. The number of piperazine rings is 1. The maximum atomic E-state index is 12.7. The number of hydrogen-bond acceptors (Lipinski definition) is 4. The van der Waals surface area contributed by atoms with Crippen molar-refractivity contribution in [2.75, 3.05) is 32.7 Å². The molecule has 1 aromatic heterocycles. The molecule has 0 aromatic carbocycles. The fourth-order valence-electron chi connectivity index (χ4n) is 3.59. The zero-order chi connectivity index (χ0) is 16.9. The molecule has 0 aliphatic carbocycles. The first-order valence-corrected chi connectivity index (χ1v) is 8.99. The molecule has 3 heterocycles. The lowest BCUT2D eigenvalue weighted by Crippen LogP contribution is -2.60. The van der Waals surface area contributed by atoms with Crippen molar-refractivity contribution >= 4 is 11.8 Å². The fourth-order valence-corrected chi connectivity index (χ4v) is 3.59. The van der Waals surface area contributed by atoms with Crippen molar-refractivity contribution < 1.29 is 9.59 Å². The normalized spacial score (nSPS) is 21.3. The number of hydrogen-bond donors (Lipinski definition) is 1. The predicted molar refractivity (Wildman–Crippen MR) is 90.4 cm³/mol. The summed E-state index contributed by atoms with van der Waals surface area (Å²) in [6, 6.07) is -0.349. The zero-order valence-corrected chi connectivity index (χ0v) is 14.4. The number of nitrogens with zero attached hydrogens (tertiary/aromatic N) is 4. The van der Waals surface area contributed by atoms with Gasteiger partial charge in [0.2, 0.25) is 11.8 Å². The van der Waals surface area contributed by atoms with Crippen molar-refractivity contribution in [1.29, 1.82) is 0 Å². The van der Waals surface area contributed by atoms with Crippen molar-refractivity contribution in [2.45, 2.75) is 45.2 Å². The van der Waals surface area contributed by atoms with Crippen LogP contribution in [0, 0.1) is 0 Å². The highest BCUT2D eigenvalue weighted by molar-refractivity contribution is 5.88. The van der Waals surface area contributed by atoms with E-state index in [1.165, 1.54) is 0 Å². The summed E-state index contributed by atoms with van der Waals surface area (Å²) in [4.78, 5) is 33.4. The Labute approximate surface area is 143 Å². The van der Waals surface area contributed by atoms with E-state index in [1.54, 1.807) is 11.1 Å².